The molecule has 0 aliphatic carbocycles. The third kappa shape index (κ3) is 4.58. The molecule has 0 fully saturated rings. The molecule has 0 aliphatic heterocycles. The molecule has 0 saturated carbocycles. The fourth-order valence-corrected chi connectivity index (χ4v) is 1.67. The Morgan fingerprint density at radius 3 is 2.45 bits per heavy atom. The summed E-state index contributed by atoms with van der Waals surface area (Å²) in [6.07, 6.45) is -3.89. The molecule has 0 saturated heterocycles. The van der Waals surface area contributed by atoms with E-state index in [1.165, 1.54) is 23.3 Å². The highest BCUT2D eigenvalue weighted by Crippen LogP contribution is 2.35. The second kappa shape index (κ2) is 7.43. The largest absolute Gasteiger partial charge is 0.418 e. The minimum atomic E-state index is -4.50. The third-order valence-electron chi connectivity index (χ3n) is 2.90. The van der Waals surface area contributed by atoms with Crippen molar-refractivity contribution in [3.05, 3.63) is 35.8 Å². The second-order valence-electron chi connectivity index (χ2n) is 4.62. The average Bonchev–Trinajstić information content (AvgIpc) is 2.44. The van der Waals surface area contributed by atoms with Crippen molar-refractivity contribution in [2.45, 2.75) is 25.2 Å². The van der Waals surface area contributed by atoms with E-state index in [1.807, 2.05) is 0 Å². The second-order valence-corrected chi connectivity index (χ2v) is 4.62. The Labute approximate surface area is 126 Å². The molecule has 6 nitrogen and oxygen atoms in total. The average molecular weight is 319 g/mol. The number of ether oxygens (including phenoxy) is 1. The van der Waals surface area contributed by atoms with E-state index in [-0.39, 0.29) is 11.6 Å². The van der Waals surface area contributed by atoms with Crippen LogP contribution < -0.4 is 21.9 Å². The molecule has 1 aromatic rings. The highest BCUT2D eigenvalue weighted by molar-refractivity contribution is 5.42. The van der Waals surface area contributed by atoms with Crippen LogP contribution >= 0.6 is 0 Å². The maximum atomic E-state index is 12.8. The van der Waals surface area contributed by atoms with Gasteiger partial charge < -0.3 is 16.2 Å². The van der Waals surface area contributed by atoms with Crippen molar-refractivity contribution in [1.82, 2.24) is 10.4 Å². The van der Waals surface area contributed by atoms with Crippen molar-refractivity contribution in [3.8, 4) is 0 Å². The summed E-state index contributed by atoms with van der Waals surface area (Å²) in [6, 6.07) is 2.36. The van der Waals surface area contributed by atoms with E-state index < -0.39 is 12.3 Å². The first-order chi connectivity index (χ1) is 10.2. The summed E-state index contributed by atoms with van der Waals surface area (Å²) < 4.78 is 42.8. The predicted octanol–water partition coefficient (Wildman–Crippen LogP) is 1.42. The van der Waals surface area contributed by atoms with Gasteiger partial charge in [-0.25, -0.2) is 10.4 Å². The van der Waals surface area contributed by atoms with Crippen LogP contribution in [0.25, 0.3) is 0 Å². The van der Waals surface area contributed by atoms with Crippen LogP contribution in [0.5, 0.6) is 0 Å². The number of nitrogens with one attached hydrogen (secondary N) is 1. The number of hydrazine groups is 1. The smallest absolute Gasteiger partial charge is 0.400 e. The normalized spacial score (nSPS) is 15.5. The number of anilines is 1. The molecular formula is C13H20F3N5O. The van der Waals surface area contributed by atoms with Gasteiger partial charge in [0.05, 0.1) is 0 Å². The molecule has 1 rings (SSSR count). The van der Waals surface area contributed by atoms with E-state index in [4.69, 9.17) is 11.5 Å². The molecule has 1 unspecified atom stereocenters. The number of aromatic nitrogens is 1. The number of rotatable bonds is 6. The zero-order valence-corrected chi connectivity index (χ0v) is 12.6. The van der Waals surface area contributed by atoms with Crippen molar-refractivity contribution in [1.29, 1.82) is 0 Å². The monoisotopic (exact) mass is 319 g/mol. The van der Waals surface area contributed by atoms with Gasteiger partial charge in [0.15, 0.2) is 6.10 Å². The molecule has 5 N–H and O–H groups in total. The van der Waals surface area contributed by atoms with Crippen LogP contribution in [0, 0.1) is 0 Å². The molecular weight excluding hydrogens is 299 g/mol. The lowest BCUT2D eigenvalue weighted by Gasteiger charge is -2.22. The van der Waals surface area contributed by atoms with Gasteiger partial charge in [0, 0.05) is 43.9 Å². The standard InChI is InChI=1S/C13H20F3N5O/c1-8(17)10(18)7-21(19-2)11-5-4-9(6-20-11)12(22-3)13(14,15)16/h4-8,12,19H,17-18H2,1-3H3/b10-7+/t8-,12?/m0/s1. The zero-order chi connectivity index (χ0) is 16.9. The topological polar surface area (TPSA) is 89.4 Å². The van der Waals surface area contributed by atoms with Gasteiger partial charge >= 0.3 is 6.18 Å². The molecule has 0 bridgehead atoms. The fraction of sp³-hybridized carbons (Fsp3) is 0.462. The first kappa shape index (κ1) is 18.2. The predicted molar refractivity (Wildman–Crippen MR) is 77.5 cm³/mol. The molecule has 0 aliphatic rings. The number of pyridine rings is 1. The maximum absolute atomic E-state index is 12.8. The van der Waals surface area contributed by atoms with Gasteiger partial charge in [-0.15, -0.1) is 0 Å². The van der Waals surface area contributed by atoms with E-state index in [0.717, 1.165) is 13.3 Å². The van der Waals surface area contributed by atoms with Gasteiger partial charge in [0.2, 0.25) is 0 Å². The summed E-state index contributed by atoms with van der Waals surface area (Å²) in [6.45, 7) is 1.71. The summed E-state index contributed by atoms with van der Waals surface area (Å²) in [5, 5.41) is 1.46. The van der Waals surface area contributed by atoms with Gasteiger partial charge in [-0.3, -0.25) is 5.01 Å². The number of halogens is 3. The number of methoxy groups -OCH3 is 1. The van der Waals surface area contributed by atoms with E-state index in [2.05, 4.69) is 15.1 Å². The Balaban J connectivity index is 3.03. The van der Waals surface area contributed by atoms with E-state index in [1.54, 1.807) is 14.0 Å². The Hall–Kier alpha value is -1.84. The number of alkyl halides is 3. The summed E-state index contributed by atoms with van der Waals surface area (Å²) in [4.78, 5) is 3.99. The lowest BCUT2D eigenvalue weighted by atomic mass is 10.1. The van der Waals surface area contributed by atoms with Crippen LogP contribution in [-0.2, 0) is 4.74 Å². The molecule has 0 amide bonds. The molecule has 22 heavy (non-hydrogen) atoms. The summed E-state index contributed by atoms with van der Waals surface area (Å²) in [7, 11) is 2.62. The van der Waals surface area contributed by atoms with E-state index in [0.29, 0.717) is 11.5 Å². The minimum Gasteiger partial charge on any atom is -0.400 e. The van der Waals surface area contributed by atoms with Gasteiger partial charge in [0.25, 0.3) is 0 Å². The van der Waals surface area contributed by atoms with E-state index >= 15 is 0 Å². The molecule has 0 spiro atoms. The van der Waals surface area contributed by atoms with Crippen LogP contribution in [0.15, 0.2) is 30.2 Å². The first-order valence-corrected chi connectivity index (χ1v) is 6.45. The Bertz CT molecular complexity index is 501. The number of hydrogen-bond acceptors (Lipinski definition) is 6. The van der Waals surface area contributed by atoms with Gasteiger partial charge in [-0.1, -0.05) is 6.07 Å². The Morgan fingerprint density at radius 1 is 1.45 bits per heavy atom. The summed E-state index contributed by atoms with van der Waals surface area (Å²) in [5.41, 5.74) is 14.5. The zero-order valence-electron chi connectivity index (χ0n) is 12.6. The van der Waals surface area contributed by atoms with Crippen molar-refractivity contribution < 1.29 is 17.9 Å². The maximum Gasteiger partial charge on any atom is 0.418 e. The highest BCUT2D eigenvalue weighted by Gasteiger charge is 2.41. The minimum absolute atomic E-state index is 0.0843. The fourth-order valence-electron chi connectivity index (χ4n) is 1.67. The van der Waals surface area contributed by atoms with Crippen LogP contribution in [0.1, 0.15) is 18.6 Å². The Kier molecular flexibility index (Phi) is 6.15. The molecule has 0 radical (unpaired) electrons. The van der Waals surface area contributed by atoms with E-state index in [9.17, 15) is 13.2 Å². The van der Waals surface area contributed by atoms with Gasteiger partial charge in [0.1, 0.15) is 5.82 Å². The van der Waals surface area contributed by atoms with Crippen molar-refractivity contribution in [3.63, 3.8) is 0 Å². The van der Waals surface area contributed by atoms with Crippen molar-refractivity contribution in [2.24, 2.45) is 11.5 Å². The molecule has 1 heterocycles. The number of nitrogens with two attached hydrogens (primary N) is 2. The van der Waals surface area contributed by atoms with Gasteiger partial charge in [-0.05, 0) is 13.0 Å². The first-order valence-electron chi connectivity index (χ1n) is 6.45. The molecule has 0 aromatic carbocycles. The molecule has 124 valence electrons. The lowest BCUT2D eigenvalue weighted by molar-refractivity contribution is -0.216. The number of nitrogens with zero attached hydrogens (tertiary/aromatic N) is 2. The van der Waals surface area contributed by atoms with Crippen molar-refractivity contribution in [2.75, 3.05) is 19.2 Å². The quantitative estimate of drug-likeness (QED) is 0.687. The summed E-state index contributed by atoms with van der Waals surface area (Å²) in [5.74, 6) is 0.367. The highest BCUT2D eigenvalue weighted by atomic mass is 19.4. The molecule has 1 aromatic heterocycles. The lowest BCUT2D eigenvalue weighted by Crippen LogP contribution is -2.34. The van der Waals surface area contributed by atoms with Crippen LogP contribution in [0.2, 0.25) is 0 Å². The van der Waals surface area contributed by atoms with Crippen LogP contribution in [0.3, 0.4) is 0 Å². The molecule has 9 heteroatoms. The molecule has 2 atom stereocenters. The van der Waals surface area contributed by atoms with Crippen LogP contribution in [0.4, 0.5) is 19.0 Å². The van der Waals surface area contributed by atoms with Crippen molar-refractivity contribution >= 4 is 5.82 Å². The Morgan fingerprint density at radius 2 is 2.09 bits per heavy atom. The summed E-state index contributed by atoms with van der Waals surface area (Å²) >= 11 is 0. The van der Waals surface area contributed by atoms with Gasteiger partial charge in [-0.2, -0.15) is 13.2 Å². The SMILES string of the molecule is CNN(/C=C(/N)[C@H](C)N)c1ccc(C(OC)C(F)(F)F)cn1. The third-order valence-corrected chi connectivity index (χ3v) is 2.90. The number of hydrogen-bond donors (Lipinski definition) is 3. The van der Waals surface area contributed by atoms with Crippen LogP contribution in [-0.4, -0.2) is 31.4 Å².